The third-order valence-electron chi connectivity index (χ3n) is 3.49. The fourth-order valence-corrected chi connectivity index (χ4v) is 2.44. The number of amides is 1. The molecule has 0 saturated heterocycles. The molecule has 1 atom stereocenters. The summed E-state index contributed by atoms with van der Waals surface area (Å²) in [7, 11) is 1.84. The molecule has 1 aliphatic heterocycles. The van der Waals surface area contributed by atoms with Crippen LogP contribution in [0.3, 0.4) is 0 Å². The summed E-state index contributed by atoms with van der Waals surface area (Å²) in [5.41, 5.74) is 2.14. The van der Waals surface area contributed by atoms with Crippen LogP contribution in [0.4, 0.5) is 5.69 Å². The lowest BCUT2D eigenvalue weighted by Crippen LogP contribution is -2.32. The van der Waals surface area contributed by atoms with E-state index in [1.807, 2.05) is 31.3 Å². The van der Waals surface area contributed by atoms with Crippen molar-refractivity contribution in [3.63, 3.8) is 0 Å². The molecular weight excluding hydrogens is 224 g/mol. The molecule has 2 rings (SSSR count). The van der Waals surface area contributed by atoms with Gasteiger partial charge >= 0.3 is 0 Å². The molecule has 0 spiro atoms. The van der Waals surface area contributed by atoms with Gasteiger partial charge in [0, 0.05) is 18.3 Å². The van der Waals surface area contributed by atoms with Crippen LogP contribution in [0.1, 0.15) is 38.3 Å². The predicted molar refractivity (Wildman–Crippen MR) is 74.7 cm³/mol. The van der Waals surface area contributed by atoms with E-state index in [9.17, 15) is 4.79 Å². The van der Waals surface area contributed by atoms with Crippen molar-refractivity contribution in [2.24, 2.45) is 5.92 Å². The number of nitrogens with zero attached hydrogens (tertiary/aromatic N) is 1. The van der Waals surface area contributed by atoms with Gasteiger partial charge in [0.15, 0.2) is 0 Å². The van der Waals surface area contributed by atoms with Gasteiger partial charge in [0.2, 0.25) is 5.91 Å². The van der Waals surface area contributed by atoms with Crippen LogP contribution in [0.2, 0.25) is 0 Å². The number of rotatable bonds is 5. The standard InChI is InChI=1S/C15H22N2O/c1-11(2)7-6-10-16-14-12-8-4-5-9-13(12)17(3)15(14)18/h4-5,8-9,11,14,16H,6-7,10H2,1-3H3. The Bertz CT molecular complexity index is 428. The van der Waals surface area contributed by atoms with Crippen LogP contribution in [-0.2, 0) is 4.79 Å². The second-order valence-electron chi connectivity index (χ2n) is 5.38. The lowest BCUT2D eigenvalue weighted by atomic mass is 10.1. The smallest absolute Gasteiger partial charge is 0.248 e. The number of likely N-dealkylation sites (N-methyl/N-ethyl adjacent to an activating group) is 1. The summed E-state index contributed by atoms with van der Waals surface area (Å²) in [4.78, 5) is 13.9. The minimum atomic E-state index is -0.154. The van der Waals surface area contributed by atoms with Crippen LogP contribution < -0.4 is 10.2 Å². The minimum absolute atomic E-state index is 0.153. The first-order valence-corrected chi connectivity index (χ1v) is 6.71. The van der Waals surface area contributed by atoms with Gasteiger partial charge in [-0.2, -0.15) is 0 Å². The van der Waals surface area contributed by atoms with Crippen molar-refractivity contribution in [3.8, 4) is 0 Å². The van der Waals surface area contributed by atoms with E-state index < -0.39 is 0 Å². The van der Waals surface area contributed by atoms with Crippen molar-refractivity contribution in [1.29, 1.82) is 0 Å². The Morgan fingerprint density at radius 3 is 2.78 bits per heavy atom. The lowest BCUT2D eigenvalue weighted by Gasteiger charge is -2.13. The summed E-state index contributed by atoms with van der Waals surface area (Å²) in [6.07, 6.45) is 2.32. The molecule has 1 amide bonds. The molecule has 0 saturated carbocycles. The lowest BCUT2D eigenvalue weighted by molar-refractivity contribution is -0.119. The van der Waals surface area contributed by atoms with E-state index in [1.54, 1.807) is 4.90 Å². The van der Waals surface area contributed by atoms with Crippen molar-refractivity contribution < 1.29 is 4.79 Å². The highest BCUT2D eigenvalue weighted by atomic mass is 16.2. The van der Waals surface area contributed by atoms with E-state index in [1.165, 1.54) is 6.42 Å². The molecule has 18 heavy (non-hydrogen) atoms. The zero-order chi connectivity index (χ0) is 13.1. The fourth-order valence-electron chi connectivity index (χ4n) is 2.44. The Hall–Kier alpha value is -1.35. The summed E-state index contributed by atoms with van der Waals surface area (Å²) in [5, 5.41) is 3.38. The van der Waals surface area contributed by atoms with Crippen LogP contribution in [0.15, 0.2) is 24.3 Å². The number of carbonyl (C=O) groups is 1. The van der Waals surface area contributed by atoms with Gasteiger partial charge in [-0.25, -0.2) is 0 Å². The molecule has 1 heterocycles. The summed E-state index contributed by atoms with van der Waals surface area (Å²) >= 11 is 0. The quantitative estimate of drug-likeness (QED) is 0.810. The van der Waals surface area contributed by atoms with Crippen LogP contribution in [-0.4, -0.2) is 19.5 Å². The van der Waals surface area contributed by atoms with Crippen LogP contribution in [0, 0.1) is 5.92 Å². The topological polar surface area (TPSA) is 32.3 Å². The van der Waals surface area contributed by atoms with Gasteiger partial charge in [-0.3, -0.25) is 4.79 Å². The maximum atomic E-state index is 12.2. The van der Waals surface area contributed by atoms with Gasteiger partial charge in [0.1, 0.15) is 6.04 Å². The van der Waals surface area contributed by atoms with Crippen LogP contribution >= 0.6 is 0 Å². The Morgan fingerprint density at radius 1 is 1.33 bits per heavy atom. The molecular formula is C15H22N2O. The van der Waals surface area contributed by atoms with E-state index in [4.69, 9.17) is 0 Å². The summed E-state index contributed by atoms with van der Waals surface area (Å²) in [5.74, 6) is 0.877. The van der Waals surface area contributed by atoms with Gasteiger partial charge in [-0.15, -0.1) is 0 Å². The first-order chi connectivity index (χ1) is 8.61. The molecule has 1 aliphatic rings. The highest BCUT2D eigenvalue weighted by Gasteiger charge is 2.33. The molecule has 0 aliphatic carbocycles. The van der Waals surface area contributed by atoms with Gasteiger partial charge in [0.05, 0.1) is 0 Å². The maximum Gasteiger partial charge on any atom is 0.248 e. The summed E-state index contributed by atoms with van der Waals surface area (Å²) in [6, 6.07) is 7.86. The second kappa shape index (κ2) is 5.53. The zero-order valence-electron chi connectivity index (χ0n) is 11.4. The molecule has 0 aromatic heterocycles. The normalized spacial score (nSPS) is 18.6. The highest BCUT2D eigenvalue weighted by Crippen LogP contribution is 2.34. The largest absolute Gasteiger partial charge is 0.313 e. The fraction of sp³-hybridized carbons (Fsp3) is 0.533. The number of benzene rings is 1. The molecule has 1 aromatic rings. The number of para-hydroxylation sites is 1. The van der Waals surface area contributed by atoms with Crippen molar-refractivity contribution >= 4 is 11.6 Å². The van der Waals surface area contributed by atoms with Gasteiger partial charge in [-0.1, -0.05) is 32.0 Å². The molecule has 0 fully saturated rings. The number of carbonyl (C=O) groups excluding carboxylic acids is 1. The first kappa shape index (κ1) is 13.1. The second-order valence-corrected chi connectivity index (χ2v) is 5.38. The third kappa shape index (κ3) is 2.56. The third-order valence-corrected chi connectivity index (χ3v) is 3.49. The minimum Gasteiger partial charge on any atom is -0.313 e. The van der Waals surface area contributed by atoms with E-state index in [2.05, 4.69) is 19.2 Å². The first-order valence-electron chi connectivity index (χ1n) is 6.71. The Labute approximate surface area is 109 Å². The molecule has 0 bridgehead atoms. The molecule has 1 N–H and O–H groups in total. The number of nitrogens with one attached hydrogen (secondary N) is 1. The molecule has 0 radical (unpaired) electrons. The Kier molecular flexibility index (Phi) is 4.02. The number of fused-ring (bicyclic) bond motifs is 1. The zero-order valence-corrected chi connectivity index (χ0v) is 11.4. The summed E-state index contributed by atoms with van der Waals surface area (Å²) < 4.78 is 0. The Morgan fingerprint density at radius 2 is 2.06 bits per heavy atom. The van der Waals surface area contributed by atoms with E-state index in [0.717, 1.165) is 30.1 Å². The number of hydrogen-bond acceptors (Lipinski definition) is 2. The molecule has 1 aromatic carbocycles. The monoisotopic (exact) mass is 246 g/mol. The van der Waals surface area contributed by atoms with Crippen molar-refractivity contribution in [2.75, 3.05) is 18.5 Å². The molecule has 98 valence electrons. The number of hydrogen-bond donors (Lipinski definition) is 1. The van der Waals surface area contributed by atoms with Gasteiger partial charge in [0.25, 0.3) is 0 Å². The highest BCUT2D eigenvalue weighted by molar-refractivity contribution is 6.04. The predicted octanol–water partition coefficient (Wildman–Crippen LogP) is 2.73. The molecule has 3 heteroatoms. The average Bonchev–Trinajstić information content (AvgIpc) is 2.59. The molecule has 3 nitrogen and oxygen atoms in total. The number of anilines is 1. The molecule has 1 unspecified atom stereocenters. The van der Waals surface area contributed by atoms with Crippen LogP contribution in [0.5, 0.6) is 0 Å². The van der Waals surface area contributed by atoms with Crippen LogP contribution in [0.25, 0.3) is 0 Å². The average molecular weight is 246 g/mol. The summed E-state index contributed by atoms with van der Waals surface area (Å²) in [6.45, 7) is 5.35. The SMILES string of the molecule is CC(C)CCCNC1C(=O)N(C)c2ccccc21. The van der Waals surface area contributed by atoms with Crippen molar-refractivity contribution in [2.45, 2.75) is 32.7 Å². The van der Waals surface area contributed by atoms with E-state index in [-0.39, 0.29) is 11.9 Å². The Balaban J connectivity index is 1.99. The van der Waals surface area contributed by atoms with Gasteiger partial charge < -0.3 is 10.2 Å². The van der Waals surface area contributed by atoms with Crippen molar-refractivity contribution in [1.82, 2.24) is 5.32 Å². The van der Waals surface area contributed by atoms with Crippen molar-refractivity contribution in [3.05, 3.63) is 29.8 Å². The maximum absolute atomic E-state index is 12.2. The van der Waals surface area contributed by atoms with E-state index in [0.29, 0.717) is 0 Å². The van der Waals surface area contributed by atoms with Gasteiger partial charge in [-0.05, 0) is 31.4 Å². The van der Waals surface area contributed by atoms with E-state index >= 15 is 0 Å².